The van der Waals surface area contributed by atoms with Gasteiger partial charge < -0.3 is 9.84 Å². The monoisotopic (exact) mass is 335 g/mol. The van der Waals surface area contributed by atoms with Gasteiger partial charge in [-0.15, -0.1) is 0 Å². The first-order valence-electron chi connectivity index (χ1n) is 6.74. The number of sulfonamides is 1. The van der Waals surface area contributed by atoms with E-state index in [4.69, 9.17) is 16.3 Å². The van der Waals surface area contributed by atoms with E-state index in [0.717, 1.165) is 12.8 Å². The molecular formula is C14H22ClNO4S. The fourth-order valence-corrected chi connectivity index (χ4v) is 4.07. The third-order valence-electron chi connectivity index (χ3n) is 3.46. The Morgan fingerprint density at radius 2 is 2.05 bits per heavy atom. The first-order valence-corrected chi connectivity index (χ1v) is 8.56. The smallest absolute Gasteiger partial charge is 0.246 e. The van der Waals surface area contributed by atoms with Crippen LogP contribution in [0, 0.1) is 0 Å². The molecular weight excluding hydrogens is 314 g/mol. The van der Waals surface area contributed by atoms with E-state index in [9.17, 15) is 13.5 Å². The number of aliphatic hydroxyl groups excluding tert-OH is 1. The van der Waals surface area contributed by atoms with Gasteiger partial charge in [-0.1, -0.05) is 24.9 Å². The number of nitrogens with zero attached hydrogens (tertiary/aromatic N) is 1. The molecule has 0 bridgehead atoms. The third-order valence-corrected chi connectivity index (χ3v) is 5.65. The number of halogens is 1. The fraction of sp³-hybridized carbons (Fsp3) is 0.571. The van der Waals surface area contributed by atoms with E-state index in [1.807, 2.05) is 13.8 Å². The second-order valence-corrected chi connectivity index (χ2v) is 7.32. The Kier molecular flexibility index (Phi) is 6.46. The lowest BCUT2D eigenvalue weighted by molar-refractivity contribution is 0.272. The van der Waals surface area contributed by atoms with Crippen molar-refractivity contribution in [3.05, 3.63) is 22.7 Å². The number of hydrogen-bond donors (Lipinski definition) is 1. The molecule has 0 aliphatic heterocycles. The number of aliphatic hydroxyl groups is 1. The van der Waals surface area contributed by atoms with Crippen LogP contribution in [0.2, 0.25) is 5.02 Å². The van der Waals surface area contributed by atoms with Crippen LogP contribution >= 0.6 is 11.6 Å². The van der Waals surface area contributed by atoms with Crippen molar-refractivity contribution in [2.45, 2.75) is 44.2 Å². The number of hydrogen-bond acceptors (Lipinski definition) is 4. The van der Waals surface area contributed by atoms with Crippen molar-refractivity contribution in [1.82, 2.24) is 4.31 Å². The van der Waals surface area contributed by atoms with Gasteiger partial charge in [0, 0.05) is 23.7 Å². The quantitative estimate of drug-likeness (QED) is 0.831. The minimum atomic E-state index is -3.75. The van der Waals surface area contributed by atoms with Gasteiger partial charge in [-0.3, -0.25) is 0 Å². The number of rotatable bonds is 7. The molecule has 0 amide bonds. The molecule has 0 saturated heterocycles. The van der Waals surface area contributed by atoms with Crippen molar-refractivity contribution in [2.24, 2.45) is 0 Å². The lowest BCUT2D eigenvalue weighted by Gasteiger charge is -2.25. The van der Waals surface area contributed by atoms with Crippen LogP contribution in [-0.4, -0.2) is 38.0 Å². The summed E-state index contributed by atoms with van der Waals surface area (Å²) < 4.78 is 32.0. The molecule has 7 heteroatoms. The molecule has 1 aromatic carbocycles. The van der Waals surface area contributed by atoms with E-state index < -0.39 is 10.0 Å². The van der Waals surface area contributed by atoms with Gasteiger partial charge in [0.2, 0.25) is 10.0 Å². The summed E-state index contributed by atoms with van der Waals surface area (Å²) in [6, 6.07) is 2.71. The van der Waals surface area contributed by atoms with Crippen LogP contribution in [0.4, 0.5) is 0 Å². The molecule has 0 aromatic heterocycles. The van der Waals surface area contributed by atoms with Gasteiger partial charge in [-0.25, -0.2) is 8.42 Å². The summed E-state index contributed by atoms with van der Waals surface area (Å²) in [5.41, 5.74) is 0.347. The SMILES string of the molecule is CCCC(C)N(C)S(=O)(=O)c1cc(Cl)cc(CO)c1OC. The molecule has 5 nitrogen and oxygen atoms in total. The summed E-state index contributed by atoms with van der Waals surface area (Å²) in [6.07, 6.45) is 1.64. The van der Waals surface area contributed by atoms with Gasteiger partial charge in [0.1, 0.15) is 10.6 Å². The summed E-state index contributed by atoms with van der Waals surface area (Å²) in [7, 11) is -0.837. The van der Waals surface area contributed by atoms with Crippen LogP contribution in [-0.2, 0) is 16.6 Å². The van der Waals surface area contributed by atoms with Gasteiger partial charge in [-0.05, 0) is 25.5 Å². The Morgan fingerprint density at radius 1 is 1.43 bits per heavy atom. The number of methoxy groups -OCH3 is 1. The van der Waals surface area contributed by atoms with Crippen molar-refractivity contribution in [1.29, 1.82) is 0 Å². The highest BCUT2D eigenvalue weighted by molar-refractivity contribution is 7.89. The summed E-state index contributed by atoms with van der Waals surface area (Å²) in [6.45, 7) is 3.51. The van der Waals surface area contributed by atoms with Gasteiger partial charge in [0.05, 0.1) is 13.7 Å². The minimum Gasteiger partial charge on any atom is -0.495 e. The molecule has 1 aromatic rings. The second-order valence-electron chi connectivity index (χ2n) is 4.91. The Bertz CT molecular complexity index is 589. The molecule has 1 atom stereocenters. The molecule has 21 heavy (non-hydrogen) atoms. The molecule has 0 aliphatic rings. The van der Waals surface area contributed by atoms with E-state index in [1.54, 1.807) is 0 Å². The Hall–Kier alpha value is -0.820. The molecule has 1 N–H and O–H groups in total. The summed E-state index contributed by atoms with van der Waals surface area (Å²) in [5, 5.41) is 9.59. The van der Waals surface area contributed by atoms with Crippen LogP contribution < -0.4 is 4.74 Å². The van der Waals surface area contributed by atoms with Crippen molar-refractivity contribution >= 4 is 21.6 Å². The van der Waals surface area contributed by atoms with Crippen LogP contribution in [0.1, 0.15) is 32.3 Å². The maximum atomic E-state index is 12.8. The van der Waals surface area contributed by atoms with Crippen LogP contribution in [0.25, 0.3) is 0 Å². The molecule has 0 spiro atoms. The van der Waals surface area contributed by atoms with E-state index in [0.29, 0.717) is 5.56 Å². The second kappa shape index (κ2) is 7.45. The minimum absolute atomic E-state index is 0.0213. The standard InChI is InChI=1S/C14H22ClNO4S/c1-5-6-10(2)16(3)21(18,19)13-8-12(15)7-11(9-17)14(13)20-4/h7-8,10,17H,5-6,9H2,1-4H3. The highest BCUT2D eigenvalue weighted by Crippen LogP contribution is 2.34. The summed E-state index contributed by atoms with van der Waals surface area (Å²) >= 11 is 5.96. The molecule has 0 radical (unpaired) electrons. The predicted octanol–water partition coefficient (Wildman–Crippen LogP) is 2.65. The summed E-state index contributed by atoms with van der Waals surface area (Å²) in [5.74, 6) is 0.137. The van der Waals surface area contributed by atoms with Crippen molar-refractivity contribution in [3.63, 3.8) is 0 Å². The van der Waals surface area contributed by atoms with E-state index in [1.165, 1.54) is 30.6 Å². The van der Waals surface area contributed by atoms with E-state index in [2.05, 4.69) is 0 Å². The molecule has 0 aliphatic carbocycles. The molecule has 1 unspecified atom stereocenters. The lowest BCUT2D eigenvalue weighted by Crippen LogP contribution is -2.35. The van der Waals surface area contributed by atoms with Gasteiger partial charge in [0.25, 0.3) is 0 Å². The summed E-state index contributed by atoms with van der Waals surface area (Å²) in [4.78, 5) is -0.0213. The topological polar surface area (TPSA) is 66.8 Å². The average molecular weight is 336 g/mol. The Morgan fingerprint density at radius 3 is 2.52 bits per heavy atom. The highest BCUT2D eigenvalue weighted by Gasteiger charge is 2.29. The third kappa shape index (κ3) is 3.88. The normalized spacial score (nSPS) is 13.5. The predicted molar refractivity (Wildman–Crippen MR) is 83.2 cm³/mol. The maximum absolute atomic E-state index is 12.8. The molecule has 0 fully saturated rings. The Labute approximate surface area is 131 Å². The van der Waals surface area contributed by atoms with E-state index >= 15 is 0 Å². The zero-order chi connectivity index (χ0) is 16.2. The molecule has 0 heterocycles. The Balaban J connectivity index is 3.40. The van der Waals surface area contributed by atoms with Gasteiger partial charge >= 0.3 is 0 Å². The molecule has 0 saturated carbocycles. The average Bonchev–Trinajstić information content (AvgIpc) is 2.45. The zero-order valence-corrected chi connectivity index (χ0v) is 14.3. The molecule has 1 rings (SSSR count). The van der Waals surface area contributed by atoms with E-state index in [-0.39, 0.29) is 28.3 Å². The number of benzene rings is 1. The zero-order valence-electron chi connectivity index (χ0n) is 12.8. The van der Waals surface area contributed by atoms with Crippen LogP contribution in [0.5, 0.6) is 5.75 Å². The van der Waals surface area contributed by atoms with Crippen LogP contribution in [0.15, 0.2) is 17.0 Å². The van der Waals surface area contributed by atoms with Gasteiger partial charge in [0.15, 0.2) is 0 Å². The first-order chi connectivity index (χ1) is 9.79. The maximum Gasteiger partial charge on any atom is 0.246 e. The fourth-order valence-electron chi connectivity index (χ4n) is 2.16. The van der Waals surface area contributed by atoms with Crippen molar-refractivity contribution in [2.75, 3.05) is 14.2 Å². The first kappa shape index (κ1) is 18.2. The van der Waals surface area contributed by atoms with Crippen molar-refractivity contribution < 1.29 is 18.3 Å². The molecule has 120 valence electrons. The van der Waals surface area contributed by atoms with Crippen molar-refractivity contribution in [3.8, 4) is 5.75 Å². The lowest BCUT2D eigenvalue weighted by atomic mass is 10.2. The largest absolute Gasteiger partial charge is 0.495 e. The van der Waals surface area contributed by atoms with Gasteiger partial charge in [-0.2, -0.15) is 4.31 Å². The number of ether oxygens (including phenoxy) is 1. The highest BCUT2D eigenvalue weighted by atomic mass is 35.5. The van der Waals surface area contributed by atoms with Crippen LogP contribution in [0.3, 0.4) is 0 Å².